The van der Waals surface area contributed by atoms with Crippen LogP contribution in [-0.2, 0) is 0 Å². The Balaban J connectivity index is 1.28. The Kier molecular flexibility index (Phi) is 5.64. The predicted molar refractivity (Wildman–Crippen MR) is 174 cm³/mol. The molecule has 0 radical (unpaired) electrons. The van der Waals surface area contributed by atoms with Crippen molar-refractivity contribution in [3.8, 4) is 45.7 Å². The van der Waals surface area contributed by atoms with Gasteiger partial charge in [0.05, 0.1) is 22.6 Å². The monoisotopic (exact) mass is 582 g/mol. The molecule has 0 atom stereocenters. The van der Waals surface area contributed by atoms with Crippen molar-refractivity contribution in [3.05, 3.63) is 134 Å². The van der Waals surface area contributed by atoms with Crippen molar-refractivity contribution in [2.75, 3.05) is 4.90 Å². The number of benzene rings is 4. The first-order valence-electron chi connectivity index (χ1n) is 14.5. The lowest BCUT2D eigenvalue weighted by Gasteiger charge is -2.32. The minimum absolute atomic E-state index is 0.484. The van der Waals surface area contributed by atoms with Gasteiger partial charge in [-0.1, -0.05) is 84.9 Å². The summed E-state index contributed by atoms with van der Waals surface area (Å²) < 4.78 is 13.0. The fourth-order valence-corrected chi connectivity index (χ4v) is 5.77. The number of fused-ring (bicyclic) bond motifs is 5. The molecule has 0 saturated carbocycles. The van der Waals surface area contributed by atoms with Crippen LogP contribution in [0.15, 0.2) is 138 Å². The average Bonchev–Trinajstić information content (AvgIpc) is 3.51. The molecule has 45 heavy (non-hydrogen) atoms. The number of furan rings is 1. The topological polar surface area (TPSA) is 90.1 Å². The second-order valence-corrected chi connectivity index (χ2v) is 10.6. The first-order chi connectivity index (χ1) is 22.3. The number of pyridine rings is 2. The summed E-state index contributed by atoms with van der Waals surface area (Å²) in [6.45, 7) is 0. The van der Waals surface area contributed by atoms with Gasteiger partial charge in [-0.15, -0.1) is 0 Å². The van der Waals surface area contributed by atoms with Crippen molar-refractivity contribution in [2.45, 2.75) is 0 Å². The first kappa shape index (κ1) is 25.1. The van der Waals surface area contributed by atoms with E-state index in [1.165, 1.54) is 0 Å². The Hall–Kier alpha value is -6.41. The number of nitrogens with zero attached hydrogens (tertiary/aromatic N) is 6. The van der Waals surface area contributed by atoms with Crippen molar-refractivity contribution < 1.29 is 9.15 Å². The average molecular weight is 583 g/mol. The van der Waals surface area contributed by atoms with Crippen LogP contribution >= 0.6 is 0 Å². The van der Waals surface area contributed by atoms with Gasteiger partial charge in [0.25, 0.3) is 0 Å². The summed E-state index contributed by atoms with van der Waals surface area (Å²) in [7, 11) is 0. The van der Waals surface area contributed by atoms with Crippen LogP contribution in [0.3, 0.4) is 0 Å². The van der Waals surface area contributed by atoms with Gasteiger partial charge in [-0.25, -0.2) is 15.0 Å². The molecule has 0 fully saturated rings. The Morgan fingerprint density at radius 2 is 0.956 bits per heavy atom. The van der Waals surface area contributed by atoms with Gasteiger partial charge in [-0.2, -0.15) is 0 Å². The second-order valence-electron chi connectivity index (χ2n) is 10.6. The van der Waals surface area contributed by atoms with Crippen LogP contribution in [0, 0.1) is 0 Å². The van der Waals surface area contributed by atoms with Gasteiger partial charge in [0.15, 0.2) is 40.1 Å². The Labute approximate surface area is 257 Å². The molecule has 8 aromatic rings. The van der Waals surface area contributed by atoms with Crippen LogP contribution in [0.1, 0.15) is 0 Å². The number of rotatable bonds is 4. The van der Waals surface area contributed by atoms with Crippen LogP contribution in [0.5, 0.6) is 11.5 Å². The number of hydrogen-bond donors (Lipinski definition) is 0. The maximum Gasteiger partial charge on any atom is 0.179 e. The summed E-state index contributed by atoms with van der Waals surface area (Å²) in [5.74, 6) is 3.13. The lowest BCUT2D eigenvalue weighted by Crippen LogP contribution is -2.15. The number of para-hydroxylation sites is 4. The molecule has 0 saturated heterocycles. The molecule has 5 heterocycles. The van der Waals surface area contributed by atoms with Gasteiger partial charge in [-0.05, 0) is 36.4 Å². The van der Waals surface area contributed by atoms with Crippen LogP contribution in [-0.4, -0.2) is 24.9 Å². The molecule has 0 unspecified atom stereocenters. The van der Waals surface area contributed by atoms with Gasteiger partial charge in [0, 0.05) is 23.5 Å². The van der Waals surface area contributed by atoms with E-state index in [0.717, 1.165) is 39.7 Å². The van der Waals surface area contributed by atoms with Crippen molar-refractivity contribution >= 4 is 39.3 Å². The predicted octanol–water partition coefficient (Wildman–Crippen LogP) is 9.14. The largest absolute Gasteiger partial charge is 0.453 e. The summed E-state index contributed by atoms with van der Waals surface area (Å²) in [6.07, 6.45) is 3.53. The van der Waals surface area contributed by atoms with E-state index in [9.17, 15) is 0 Å². The summed E-state index contributed by atoms with van der Waals surface area (Å²) in [5.41, 5.74) is 7.51. The normalized spacial score (nSPS) is 12.1. The fourth-order valence-electron chi connectivity index (χ4n) is 5.77. The molecule has 212 valence electrons. The lowest BCUT2D eigenvalue weighted by atomic mass is 10.1. The second kappa shape index (κ2) is 10.1. The molecule has 0 amide bonds. The Morgan fingerprint density at radius 3 is 1.58 bits per heavy atom. The zero-order chi connectivity index (χ0) is 29.7. The standard InChI is InChI=1S/C37H22N6O2/c1-3-11-23(12-4-1)35-40-36(24-13-5-2-6-14-24)42-37(41-35)25-19-21-38-31-32-34(45-33(25)31)28(20-22-39-32)43-26-15-7-9-17-29(26)44-30-18-10-8-16-27(30)43/h1-22H. The van der Waals surface area contributed by atoms with E-state index in [0.29, 0.717) is 45.2 Å². The van der Waals surface area contributed by atoms with E-state index >= 15 is 0 Å². The molecule has 8 nitrogen and oxygen atoms in total. The Bertz CT molecular complexity index is 2270. The lowest BCUT2D eigenvalue weighted by molar-refractivity contribution is 0.477. The van der Waals surface area contributed by atoms with E-state index in [1.807, 2.05) is 121 Å². The molecular formula is C37H22N6O2. The van der Waals surface area contributed by atoms with Crippen molar-refractivity contribution in [2.24, 2.45) is 0 Å². The zero-order valence-electron chi connectivity index (χ0n) is 23.7. The van der Waals surface area contributed by atoms with E-state index in [1.54, 1.807) is 12.4 Å². The van der Waals surface area contributed by atoms with E-state index in [4.69, 9.17) is 34.1 Å². The van der Waals surface area contributed by atoms with Gasteiger partial charge in [-0.3, -0.25) is 14.9 Å². The van der Waals surface area contributed by atoms with Crippen LogP contribution in [0.25, 0.3) is 56.4 Å². The maximum absolute atomic E-state index is 6.74. The molecule has 0 N–H and O–H groups in total. The number of aromatic nitrogens is 5. The molecule has 9 rings (SSSR count). The number of hydrogen-bond acceptors (Lipinski definition) is 8. The molecule has 4 aromatic heterocycles. The SMILES string of the molecule is c1ccc(-c2nc(-c3ccccc3)nc(-c3ccnc4c3oc3c(N5c6ccccc6Oc6ccccc65)ccnc34)n2)cc1. The van der Waals surface area contributed by atoms with Gasteiger partial charge >= 0.3 is 0 Å². The summed E-state index contributed by atoms with van der Waals surface area (Å²) in [5, 5.41) is 0. The molecular weight excluding hydrogens is 560 g/mol. The highest BCUT2D eigenvalue weighted by Crippen LogP contribution is 2.52. The summed E-state index contributed by atoms with van der Waals surface area (Å²) in [4.78, 5) is 26.3. The maximum atomic E-state index is 6.74. The van der Waals surface area contributed by atoms with Gasteiger partial charge < -0.3 is 9.15 Å². The Morgan fingerprint density at radius 1 is 0.444 bits per heavy atom. The number of ether oxygens (including phenoxy) is 1. The third-order valence-electron chi connectivity index (χ3n) is 7.83. The van der Waals surface area contributed by atoms with Gasteiger partial charge in [0.2, 0.25) is 0 Å². The summed E-state index contributed by atoms with van der Waals surface area (Å²) in [6, 6.07) is 39.5. The zero-order valence-corrected chi connectivity index (χ0v) is 23.7. The molecule has 1 aliphatic heterocycles. The third kappa shape index (κ3) is 4.11. The minimum atomic E-state index is 0.484. The van der Waals surface area contributed by atoms with Crippen LogP contribution < -0.4 is 9.64 Å². The minimum Gasteiger partial charge on any atom is -0.453 e. The highest BCUT2D eigenvalue weighted by molar-refractivity contribution is 6.09. The van der Waals surface area contributed by atoms with Crippen molar-refractivity contribution in [1.29, 1.82) is 0 Å². The highest BCUT2D eigenvalue weighted by atomic mass is 16.5. The van der Waals surface area contributed by atoms with E-state index in [2.05, 4.69) is 4.90 Å². The first-order valence-corrected chi connectivity index (χ1v) is 14.5. The third-order valence-corrected chi connectivity index (χ3v) is 7.83. The van der Waals surface area contributed by atoms with Crippen molar-refractivity contribution in [1.82, 2.24) is 24.9 Å². The smallest absolute Gasteiger partial charge is 0.179 e. The molecule has 1 aliphatic rings. The van der Waals surface area contributed by atoms with E-state index in [-0.39, 0.29) is 0 Å². The molecule has 0 aliphatic carbocycles. The molecule has 0 bridgehead atoms. The highest BCUT2D eigenvalue weighted by Gasteiger charge is 2.29. The number of anilines is 3. The molecule has 0 spiro atoms. The fraction of sp³-hybridized carbons (Fsp3) is 0. The van der Waals surface area contributed by atoms with Crippen LogP contribution in [0.4, 0.5) is 17.1 Å². The molecule has 8 heteroatoms. The van der Waals surface area contributed by atoms with Gasteiger partial charge in [0.1, 0.15) is 11.0 Å². The van der Waals surface area contributed by atoms with E-state index < -0.39 is 0 Å². The van der Waals surface area contributed by atoms with Crippen LogP contribution in [0.2, 0.25) is 0 Å². The summed E-state index contributed by atoms with van der Waals surface area (Å²) >= 11 is 0. The molecule has 4 aromatic carbocycles. The van der Waals surface area contributed by atoms with Crippen molar-refractivity contribution in [3.63, 3.8) is 0 Å². The quantitative estimate of drug-likeness (QED) is 0.203.